The molecule has 9 nitrogen and oxygen atoms in total. The van der Waals surface area contributed by atoms with Crippen LogP contribution in [0.25, 0.3) is 0 Å². The van der Waals surface area contributed by atoms with E-state index >= 15 is 0 Å². The molecule has 0 N–H and O–H groups in total. The lowest BCUT2D eigenvalue weighted by Crippen LogP contribution is -2.32. The van der Waals surface area contributed by atoms with E-state index in [4.69, 9.17) is 9.26 Å². The molecular formula is C39H73N9P2. The molecule has 2 aromatic rings. The van der Waals surface area contributed by atoms with Gasteiger partial charge in [-0.05, 0) is 123 Å². The lowest BCUT2D eigenvalue weighted by Gasteiger charge is -2.44. The second-order valence-corrected chi connectivity index (χ2v) is 22.6. The molecule has 2 aromatic carbocycles. The normalized spacial score (nSPS) is 14.2. The van der Waals surface area contributed by atoms with Gasteiger partial charge in [-0.3, -0.25) is 18.8 Å². The Morgan fingerprint density at radius 2 is 0.840 bits per heavy atom. The number of para-hydroxylation sites is 2. The van der Waals surface area contributed by atoms with E-state index in [2.05, 4.69) is 215 Å². The summed E-state index contributed by atoms with van der Waals surface area (Å²) in [5, 5.41) is 0. The number of hydrogen-bond acceptors (Lipinski definition) is 3. The summed E-state index contributed by atoms with van der Waals surface area (Å²) >= 11 is 0. The summed E-state index contributed by atoms with van der Waals surface area (Å²) in [6.45, 7) is 22.1. The first kappa shape index (κ1) is 44.2. The SMILES string of the molecule is CC(C)c1cccc(C(C)C)c1N1C=CN(c2c(C(C)C)cccc2C(C)C)C1.CCN=P(N=P(N(C)C)(N(C)C)N(C)C)(N(C)C)N(C)C. The van der Waals surface area contributed by atoms with Crippen molar-refractivity contribution in [1.29, 1.82) is 0 Å². The molecule has 50 heavy (non-hydrogen) atoms. The van der Waals surface area contributed by atoms with Gasteiger partial charge in [0.05, 0.1) is 6.67 Å². The van der Waals surface area contributed by atoms with Crippen molar-refractivity contribution in [3.63, 3.8) is 0 Å². The molecule has 1 heterocycles. The molecule has 0 atom stereocenters. The summed E-state index contributed by atoms with van der Waals surface area (Å²) in [5.74, 6) is 2.00. The Hall–Kier alpha value is -1.96. The van der Waals surface area contributed by atoms with E-state index in [9.17, 15) is 0 Å². The van der Waals surface area contributed by atoms with Crippen molar-refractivity contribution < 1.29 is 0 Å². The highest BCUT2D eigenvalue weighted by Gasteiger charge is 2.35. The van der Waals surface area contributed by atoms with Gasteiger partial charge in [-0.2, -0.15) is 4.52 Å². The molecule has 0 bridgehead atoms. The molecule has 0 amide bonds. The molecule has 0 spiro atoms. The quantitative estimate of drug-likeness (QED) is 0.190. The highest BCUT2D eigenvalue weighted by atomic mass is 31.2. The van der Waals surface area contributed by atoms with Crippen molar-refractivity contribution in [3.05, 3.63) is 71.1 Å². The first-order valence-electron chi connectivity index (χ1n) is 18.3. The molecule has 1 aliphatic heterocycles. The summed E-state index contributed by atoms with van der Waals surface area (Å²) < 4.78 is 21.4. The Bertz CT molecular complexity index is 1360. The van der Waals surface area contributed by atoms with Gasteiger partial charge in [0.15, 0.2) is 7.51 Å². The third kappa shape index (κ3) is 9.52. The Kier molecular flexibility index (Phi) is 16.5. The number of benzene rings is 2. The van der Waals surface area contributed by atoms with E-state index in [0.29, 0.717) is 23.7 Å². The van der Waals surface area contributed by atoms with Gasteiger partial charge in [-0.15, -0.1) is 0 Å². The van der Waals surface area contributed by atoms with E-state index in [0.717, 1.165) is 13.2 Å². The van der Waals surface area contributed by atoms with Crippen molar-refractivity contribution >= 4 is 26.4 Å². The molecule has 0 radical (unpaired) electrons. The lowest BCUT2D eigenvalue weighted by molar-refractivity contribution is 0.472. The Labute approximate surface area is 308 Å². The third-order valence-corrected chi connectivity index (χ3v) is 17.2. The zero-order chi connectivity index (χ0) is 38.3. The minimum atomic E-state index is -2.08. The van der Waals surface area contributed by atoms with Gasteiger partial charge in [0.25, 0.3) is 0 Å². The summed E-state index contributed by atoms with van der Waals surface area (Å²) in [6, 6.07) is 13.6. The molecule has 1 aliphatic rings. The fourth-order valence-corrected chi connectivity index (χ4v) is 15.3. The van der Waals surface area contributed by atoms with Crippen LogP contribution in [-0.2, 0) is 0 Å². The van der Waals surface area contributed by atoms with Crippen LogP contribution in [0, 0.1) is 0 Å². The highest BCUT2D eigenvalue weighted by molar-refractivity contribution is 7.71. The third-order valence-electron chi connectivity index (χ3n) is 9.25. The molecule has 0 aliphatic carbocycles. The Morgan fingerprint density at radius 1 is 0.540 bits per heavy atom. The average Bonchev–Trinajstić information content (AvgIpc) is 3.51. The van der Waals surface area contributed by atoms with Crippen molar-refractivity contribution in [2.24, 2.45) is 9.26 Å². The summed E-state index contributed by atoms with van der Waals surface area (Å²) in [6.07, 6.45) is 4.54. The largest absolute Gasteiger partial charge is 0.327 e. The van der Waals surface area contributed by atoms with Crippen molar-refractivity contribution in [1.82, 2.24) is 23.4 Å². The maximum absolute atomic E-state index is 5.41. The Balaban J connectivity index is 0.000000368. The van der Waals surface area contributed by atoms with Crippen LogP contribution in [0.5, 0.6) is 0 Å². The van der Waals surface area contributed by atoms with Gasteiger partial charge in [-0.25, -0.2) is 9.34 Å². The molecule has 0 saturated heterocycles. The molecule has 0 aromatic heterocycles. The van der Waals surface area contributed by atoms with Crippen LogP contribution >= 0.6 is 15.0 Å². The fourth-order valence-electron chi connectivity index (χ4n) is 6.86. The Morgan fingerprint density at radius 3 is 1.06 bits per heavy atom. The van der Waals surface area contributed by atoms with Crippen LogP contribution < -0.4 is 9.80 Å². The highest BCUT2D eigenvalue weighted by Crippen LogP contribution is 2.67. The van der Waals surface area contributed by atoms with Gasteiger partial charge < -0.3 is 9.80 Å². The number of anilines is 2. The minimum Gasteiger partial charge on any atom is -0.327 e. The zero-order valence-electron chi connectivity index (χ0n) is 35.3. The second kappa shape index (κ2) is 18.7. The van der Waals surface area contributed by atoms with Crippen LogP contribution in [-0.4, -0.2) is 107 Å². The fraction of sp³-hybridized carbons (Fsp3) is 0.641. The van der Waals surface area contributed by atoms with E-state index in [1.807, 2.05) is 0 Å². The predicted molar refractivity (Wildman–Crippen MR) is 226 cm³/mol. The van der Waals surface area contributed by atoms with E-state index < -0.39 is 15.0 Å². The summed E-state index contributed by atoms with van der Waals surface area (Å²) in [4.78, 5) is 4.90. The molecule has 0 unspecified atom stereocenters. The smallest absolute Gasteiger partial charge is 0.212 e. The van der Waals surface area contributed by atoms with Crippen molar-refractivity contribution in [2.75, 3.05) is 93.5 Å². The monoisotopic (exact) mass is 730 g/mol. The lowest BCUT2D eigenvalue weighted by atomic mass is 9.91. The number of hydrogen-bond donors (Lipinski definition) is 0. The van der Waals surface area contributed by atoms with Gasteiger partial charge in [-0.1, -0.05) is 91.8 Å². The van der Waals surface area contributed by atoms with Gasteiger partial charge >= 0.3 is 0 Å². The molecule has 284 valence electrons. The molecule has 0 saturated carbocycles. The molecule has 0 fully saturated rings. The molecular weight excluding hydrogens is 656 g/mol. The average molecular weight is 730 g/mol. The second-order valence-electron chi connectivity index (χ2n) is 15.4. The predicted octanol–water partition coefficient (Wildman–Crippen LogP) is 10.6. The van der Waals surface area contributed by atoms with E-state index in [-0.39, 0.29) is 0 Å². The number of nitrogens with zero attached hydrogens (tertiary/aromatic N) is 9. The van der Waals surface area contributed by atoms with E-state index in [1.54, 1.807) is 0 Å². The maximum atomic E-state index is 5.41. The maximum Gasteiger partial charge on any atom is 0.212 e. The number of rotatable bonds is 13. The summed E-state index contributed by atoms with van der Waals surface area (Å²) in [7, 11) is 16.8. The minimum absolute atomic E-state index is 0.500. The van der Waals surface area contributed by atoms with Crippen molar-refractivity contribution in [2.45, 2.75) is 86.0 Å². The summed E-state index contributed by atoms with van der Waals surface area (Å²) in [5.41, 5.74) is 8.52. The van der Waals surface area contributed by atoms with Crippen LogP contribution in [0.4, 0.5) is 11.4 Å². The zero-order valence-corrected chi connectivity index (χ0v) is 37.1. The topological polar surface area (TPSA) is 47.4 Å². The first-order chi connectivity index (χ1) is 23.2. The standard InChI is InChI=1S/C27H38N2.C12H35N7P2/c1-18(2)22-11-9-12-23(19(3)4)26(22)28-15-16-29(17-28)27-24(20(5)6)13-10-14-25(27)21(7)8;1-12-13-20(15(2)3,16(4)5)14-21(17(6)7,18(8)9)19(10)11/h9-16,18-21H,17H2,1-8H3;12H2,1-11H3. The van der Waals surface area contributed by atoms with Gasteiger partial charge in [0.1, 0.15) is 0 Å². The van der Waals surface area contributed by atoms with Crippen LogP contribution in [0.15, 0.2) is 58.1 Å². The molecule has 11 heteroatoms. The van der Waals surface area contributed by atoms with Gasteiger partial charge in [0, 0.05) is 30.3 Å². The molecule has 3 rings (SSSR count). The van der Waals surface area contributed by atoms with Crippen LogP contribution in [0.3, 0.4) is 0 Å². The van der Waals surface area contributed by atoms with Crippen molar-refractivity contribution in [3.8, 4) is 0 Å². The van der Waals surface area contributed by atoms with Crippen LogP contribution in [0.1, 0.15) is 108 Å². The van der Waals surface area contributed by atoms with Crippen LogP contribution in [0.2, 0.25) is 0 Å². The van der Waals surface area contributed by atoms with Gasteiger partial charge in [0.2, 0.25) is 7.51 Å². The van der Waals surface area contributed by atoms with E-state index in [1.165, 1.54) is 33.6 Å². The first-order valence-corrected chi connectivity index (χ1v) is 21.5.